The molecule has 0 radical (unpaired) electrons. The van der Waals surface area contributed by atoms with Gasteiger partial charge in [0.2, 0.25) is 5.91 Å². The summed E-state index contributed by atoms with van der Waals surface area (Å²) in [5.74, 6) is 1.43. The Morgan fingerprint density at radius 3 is 2.58 bits per heavy atom. The quantitative estimate of drug-likeness (QED) is 0.242. The van der Waals surface area contributed by atoms with Crippen molar-refractivity contribution >= 4 is 35.8 Å². The van der Waals surface area contributed by atoms with Crippen molar-refractivity contribution in [2.24, 2.45) is 10.9 Å². The molecule has 3 rings (SSSR count). The molecule has 0 aromatic heterocycles. The van der Waals surface area contributed by atoms with Crippen LogP contribution in [0.3, 0.4) is 0 Å². The number of carbonyl (C=O) groups excluding carboxylic acids is 1. The lowest BCUT2D eigenvalue weighted by molar-refractivity contribution is -0.128. The third-order valence-electron chi connectivity index (χ3n) is 5.43. The van der Waals surface area contributed by atoms with Crippen LogP contribution in [-0.2, 0) is 29.2 Å². The van der Waals surface area contributed by atoms with Gasteiger partial charge < -0.3 is 20.3 Å². The van der Waals surface area contributed by atoms with E-state index in [0.717, 1.165) is 43.1 Å². The van der Waals surface area contributed by atoms with E-state index in [2.05, 4.69) is 54.8 Å². The number of ether oxygens (including phenoxy) is 1. The Hall–Kier alpha value is -2.13. The van der Waals surface area contributed by atoms with Crippen LogP contribution < -0.4 is 10.6 Å². The minimum absolute atomic E-state index is 0. The molecule has 2 aromatic carbocycles. The number of likely N-dealkylation sites (tertiary alicyclic amines) is 1. The largest absolute Gasteiger partial charge is 0.376 e. The van der Waals surface area contributed by atoms with Gasteiger partial charge in [-0.3, -0.25) is 4.79 Å². The zero-order valence-electron chi connectivity index (χ0n) is 19.8. The summed E-state index contributed by atoms with van der Waals surface area (Å²) in [4.78, 5) is 18.6. The average molecular weight is 565 g/mol. The number of rotatable bonds is 11. The monoisotopic (exact) mass is 564 g/mol. The molecule has 1 fully saturated rings. The third kappa shape index (κ3) is 9.71. The summed E-state index contributed by atoms with van der Waals surface area (Å²) in [6, 6.07) is 18.6. The molecule has 1 aliphatic heterocycles. The molecule has 33 heavy (non-hydrogen) atoms. The Bertz CT molecular complexity index is 876. The van der Waals surface area contributed by atoms with Gasteiger partial charge in [-0.15, -0.1) is 24.0 Å². The molecule has 2 N–H and O–H groups in total. The maximum Gasteiger partial charge on any atom is 0.222 e. The van der Waals surface area contributed by atoms with Gasteiger partial charge in [0.15, 0.2) is 5.96 Å². The second-order valence-electron chi connectivity index (χ2n) is 8.42. The molecule has 0 bridgehead atoms. The summed E-state index contributed by atoms with van der Waals surface area (Å²) < 4.78 is 5.85. The Morgan fingerprint density at radius 1 is 1.09 bits per heavy atom. The first-order valence-electron chi connectivity index (χ1n) is 11.6. The number of guanidine groups is 1. The Morgan fingerprint density at radius 2 is 1.85 bits per heavy atom. The lowest BCUT2D eigenvalue weighted by atomic mass is 10.1. The van der Waals surface area contributed by atoms with E-state index in [1.165, 1.54) is 5.56 Å². The van der Waals surface area contributed by atoms with Gasteiger partial charge in [0.25, 0.3) is 0 Å². The van der Waals surface area contributed by atoms with Crippen LogP contribution in [-0.4, -0.2) is 43.0 Å². The van der Waals surface area contributed by atoms with E-state index in [9.17, 15) is 4.79 Å². The van der Waals surface area contributed by atoms with Gasteiger partial charge in [-0.1, -0.05) is 61.5 Å². The van der Waals surface area contributed by atoms with Crippen molar-refractivity contribution in [2.75, 3.05) is 26.2 Å². The van der Waals surface area contributed by atoms with Gasteiger partial charge in [0.1, 0.15) is 0 Å². The molecule has 1 saturated heterocycles. The van der Waals surface area contributed by atoms with E-state index in [1.54, 1.807) is 0 Å². The third-order valence-corrected chi connectivity index (χ3v) is 5.43. The zero-order chi connectivity index (χ0) is 22.6. The lowest BCUT2D eigenvalue weighted by Crippen LogP contribution is -2.40. The second kappa shape index (κ2) is 14.9. The van der Waals surface area contributed by atoms with E-state index in [1.807, 2.05) is 29.2 Å². The highest BCUT2D eigenvalue weighted by molar-refractivity contribution is 14.0. The van der Waals surface area contributed by atoms with E-state index >= 15 is 0 Å². The van der Waals surface area contributed by atoms with Gasteiger partial charge >= 0.3 is 0 Å². The number of benzene rings is 2. The molecule has 1 heterocycles. The predicted octanol–water partition coefficient (Wildman–Crippen LogP) is 4.34. The summed E-state index contributed by atoms with van der Waals surface area (Å²) >= 11 is 0. The van der Waals surface area contributed by atoms with Crippen LogP contribution in [0.1, 0.15) is 43.4 Å². The average Bonchev–Trinajstić information content (AvgIpc) is 3.21. The first kappa shape index (κ1) is 27.1. The fraction of sp³-hybridized carbons (Fsp3) is 0.462. The van der Waals surface area contributed by atoms with Crippen LogP contribution in [0, 0.1) is 5.92 Å². The molecule has 1 atom stereocenters. The molecule has 1 unspecified atom stereocenters. The molecule has 1 aliphatic rings. The topological polar surface area (TPSA) is 66.0 Å². The van der Waals surface area contributed by atoms with Crippen LogP contribution in [0.25, 0.3) is 0 Å². The zero-order valence-corrected chi connectivity index (χ0v) is 22.1. The van der Waals surface area contributed by atoms with E-state index in [4.69, 9.17) is 9.73 Å². The van der Waals surface area contributed by atoms with Crippen molar-refractivity contribution in [3.8, 4) is 0 Å². The number of carbonyl (C=O) groups is 1. The van der Waals surface area contributed by atoms with Crippen LogP contribution in [0.15, 0.2) is 59.6 Å². The number of nitrogens with one attached hydrogen (secondary N) is 2. The van der Waals surface area contributed by atoms with E-state index in [-0.39, 0.29) is 29.9 Å². The number of aliphatic imine (C=N–C) groups is 1. The Kier molecular flexibility index (Phi) is 12.2. The Balaban J connectivity index is 0.00000385. The molecule has 180 valence electrons. The number of amides is 1. The summed E-state index contributed by atoms with van der Waals surface area (Å²) in [5.41, 5.74) is 3.50. The molecule has 6 nitrogen and oxygen atoms in total. The summed E-state index contributed by atoms with van der Waals surface area (Å²) in [6.45, 7) is 9.31. The molecular weight excluding hydrogens is 527 g/mol. The van der Waals surface area contributed by atoms with Gasteiger partial charge in [-0.05, 0) is 36.0 Å². The number of hydrogen-bond acceptors (Lipinski definition) is 3. The van der Waals surface area contributed by atoms with E-state index < -0.39 is 0 Å². The lowest BCUT2D eigenvalue weighted by Gasteiger charge is -2.17. The number of hydrogen-bond donors (Lipinski definition) is 2. The highest BCUT2D eigenvalue weighted by atomic mass is 127. The van der Waals surface area contributed by atoms with Gasteiger partial charge in [-0.25, -0.2) is 4.99 Å². The first-order chi connectivity index (χ1) is 15.6. The molecule has 0 spiro atoms. The fourth-order valence-electron chi connectivity index (χ4n) is 3.71. The second-order valence-corrected chi connectivity index (χ2v) is 8.42. The van der Waals surface area contributed by atoms with Crippen LogP contribution in [0.4, 0.5) is 0 Å². The minimum Gasteiger partial charge on any atom is -0.376 e. The van der Waals surface area contributed by atoms with E-state index in [0.29, 0.717) is 38.6 Å². The van der Waals surface area contributed by atoms with Crippen LogP contribution in [0.2, 0.25) is 0 Å². The fourth-order valence-corrected chi connectivity index (χ4v) is 3.71. The molecular formula is C26H37IN4O2. The SMILES string of the molecule is CCNC(=NCc1cccc(CN2CCCC2=O)c1)NCC(C)COCc1ccccc1.I. The summed E-state index contributed by atoms with van der Waals surface area (Å²) in [5, 5.41) is 6.74. The van der Waals surface area contributed by atoms with Crippen molar-refractivity contribution in [2.45, 2.75) is 46.4 Å². The molecule has 2 aromatic rings. The highest BCUT2D eigenvalue weighted by Crippen LogP contribution is 2.15. The van der Waals surface area contributed by atoms with Crippen molar-refractivity contribution in [1.82, 2.24) is 15.5 Å². The van der Waals surface area contributed by atoms with Crippen LogP contribution >= 0.6 is 24.0 Å². The smallest absolute Gasteiger partial charge is 0.222 e. The van der Waals surface area contributed by atoms with Gasteiger partial charge in [0, 0.05) is 32.6 Å². The van der Waals surface area contributed by atoms with Crippen molar-refractivity contribution < 1.29 is 9.53 Å². The van der Waals surface area contributed by atoms with Crippen molar-refractivity contribution in [3.05, 3.63) is 71.3 Å². The highest BCUT2D eigenvalue weighted by Gasteiger charge is 2.19. The maximum absolute atomic E-state index is 11.9. The molecule has 1 amide bonds. The van der Waals surface area contributed by atoms with Gasteiger partial charge in [0.05, 0.1) is 19.8 Å². The maximum atomic E-state index is 11.9. The Labute approximate surface area is 215 Å². The molecule has 0 aliphatic carbocycles. The normalized spacial score (nSPS) is 14.7. The number of nitrogens with zero attached hydrogens (tertiary/aromatic N) is 2. The number of halogens is 1. The van der Waals surface area contributed by atoms with Gasteiger partial charge in [-0.2, -0.15) is 0 Å². The van der Waals surface area contributed by atoms with Crippen LogP contribution in [0.5, 0.6) is 0 Å². The first-order valence-corrected chi connectivity index (χ1v) is 11.6. The van der Waals surface area contributed by atoms with Crippen molar-refractivity contribution in [1.29, 1.82) is 0 Å². The molecule has 0 saturated carbocycles. The summed E-state index contributed by atoms with van der Waals surface area (Å²) in [7, 11) is 0. The predicted molar refractivity (Wildman–Crippen MR) is 145 cm³/mol. The standard InChI is InChI=1S/C26H36N4O2.HI/c1-3-27-26(28-16-21(2)19-32-20-22-9-5-4-6-10-22)29-17-23-11-7-12-24(15-23)18-30-14-8-13-25(30)31;/h4-7,9-12,15,21H,3,8,13-14,16-20H2,1-2H3,(H2,27,28,29);1H. The summed E-state index contributed by atoms with van der Waals surface area (Å²) in [6.07, 6.45) is 1.65. The molecule has 7 heteroatoms. The minimum atomic E-state index is 0. The van der Waals surface area contributed by atoms with Crippen molar-refractivity contribution in [3.63, 3.8) is 0 Å².